The topological polar surface area (TPSA) is 77.8 Å². The molecule has 0 heterocycles. The molecule has 0 aliphatic rings. The van der Waals surface area contributed by atoms with Crippen LogP contribution >= 0.6 is 0 Å². The molecule has 25 heavy (non-hydrogen) atoms. The zero-order valence-electron chi connectivity index (χ0n) is 16.3. The van der Waals surface area contributed by atoms with Gasteiger partial charge in [0.05, 0.1) is 0 Å². The van der Waals surface area contributed by atoms with Crippen LogP contribution in [-0.4, -0.2) is 33.3 Å². The zero-order chi connectivity index (χ0) is 18.9. The number of unbranched alkanes of at least 4 members (excludes halogenated alkanes) is 13. The van der Waals surface area contributed by atoms with Crippen LogP contribution < -0.4 is 0 Å². The van der Waals surface area contributed by atoms with Crippen molar-refractivity contribution in [2.45, 2.75) is 116 Å². The molecule has 1 atom stereocenters. The number of nitrogens with zero attached hydrogens (tertiary/aromatic N) is 1. The molecule has 0 bridgehead atoms. The molecule has 0 spiro atoms. The van der Waals surface area contributed by atoms with Gasteiger partial charge < -0.3 is 5.11 Å². The minimum atomic E-state index is -1.15. The van der Waals surface area contributed by atoms with E-state index in [1.807, 2.05) is 0 Å². The summed E-state index contributed by atoms with van der Waals surface area (Å²) in [6.07, 6.45) is 17.7. The summed E-state index contributed by atoms with van der Waals surface area (Å²) >= 11 is 0. The van der Waals surface area contributed by atoms with Crippen LogP contribution in [0.3, 0.4) is 0 Å². The van der Waals surface area contributed by atoms with Crippen molar-refractivity contribution >= 4 is 11.9 Å². The van der Waals surface area contributed by atoms with Crippen LogP contribution in [-0.2, 0) is 9.59 Å². The molecule has 1 unspecified atom stereocenters. The Hall–Kier alpha value is -1.10. The maximum Gasteiger partial charge on any atom is 0.329 e. The van der Waals surface area contributed by atoms with Gasteiger partial charge in [-0.1, -0.05) is 96.8 Å². The van der Waals surface area contributed by atoms with Crippen LogP contribution in [0.5, 0.6) is 0 Å². The molecule has 5 heteroatoms. The van der Waals surface area contributed by atoms with Crippen LogP contribution in [0.4, 0.5) is 0 Å². The molecule has 5 nitrogen and oxygen atoms in total. The molecule has 2 N–H and O–H groups in total. The van der Waals surface area contributed by atoms with Crippen LogP contribution in [0, 0.1) is 0 Å². The Morgan fingerprint density at radius 2 is 1.12 bits per heavy atom. The summed E-state index contributed by atoms with van der Waals surface area (Å²) in [7, 11) is 0. The fourth-order valence-electron chi connectivity index (χ4n) is 3.10. The first-order valence-electron chi connectivity index (χ1n) is 10.2. The molecule has 0 aliphatic carbocycles. The van der Waals surface area contributed by atoms with E-state index >= 15 is 0 Å². The molecule has 0 saturated carbocycles. The SMILES string of the molecule is CCCCCCCCCCCCCCCCC(C(=O)O)N(O)C(C)=O. The van der Waals surface area contributed by atoms with Crippen LogP contribution in [0.25, 0.3) is 0 Å². The lowest BCUT2D eigenvalue weighted by molar-refractivity contribution is -0.184. The number of amides is 1. The highest BCUT2D eigenvalue weighted by molar-refractivity contribution is 5.81. The van der Waals surface area contributed by atoms with Crippen molar-refractivity contribution in [2.24, 2.45) is 0 Å². The highest BCUT2D eigenvalue weighted by Crippen LogP contribution is 2.14. The molecule has 0 aromatic rings. The molecule has 0 fully saturated rings. The molecule has 1 amide bonds. The van der Waals surface area contributed by atoms with Crippen molar-refractivity contribution in [1.82, 2.24) is 5.06 Å². The van der Waals surface area contributed by atoms with Crippen LogP contribution in [0.1, 0.15) is 110 Å². The largest absolute Gasteiger partial charge is 0.480 e. The maximum atomic E-state index is 11.1. The lowest BCUT2D eigenvalue weighted by Crippen LogP contribution is -2.41. The fourth-order valence-corrected chi connectivity index (χ4v) is 3.10. The third-order valence-electron chi connectivity index (χ3n) is 4.73. The minimum Gasteiger partial charge on any atom is -0.480 e. The predicted molar refractivity (Wildman–Crippen MR) is 101 cm³/mol. The highest BCUT2D eigenvalue weighted by Gasteiger charge is 2.25. The quantitative estimate of drug-likeness (QED) is 0.203. The number of carboxylic acid groups (broad SMARTS) is 1. The third-order valence-corrected chi connectivity index (χ3v) is 4.73. The standard InChI is InChI=1S/C20H39NO4/c1-3-4-5-6-7-8-9-10-11-12-13-14-15-16-17-19(20(23)24)21(25)18(2)22/h19,25H,3-17H2,1-2H3,(H,23,24). The minimum absolute atomic E-state index is 0.309. The second-order valence-electron chi connectivity index (χ2n) is 7.10. The monoisotopic (exact) mass is 357 g/mol. The predicted octanol–water partition coefficient (Wildman–Crippen LogP) is 5.55. The van der Waals surface area contributed by atoms with Crippen molar-refractivity contribution in [3.63, 3.8) is 0 Å². The zero-order valence-corrected chi connectivity index (χ0v) is 16.3. The van der Waals surface area contributed by atoms with Gasteiger partial charge in [0, 0.05) is 6.92 Å². The smallest absolute Gasteiger partial charge is 0.329 e. The van der Waals surface area contributed by atoms with E-state index in [0.29, 0.717) is 11.5 Å². The van der Waals surface area contributed by atoms with Crippen molar-refractivity contribution in [3.05, 3.63) is 0 Å². The van der Waals surface area contributed by atoms with E-state index in [1.165, 1.54) is 77.6 Å². The van der Waals surface area contributed by atoms with E-state index < -0.39 is 17.9 Å². The summed E-state index contributed by atoms with van der Waals surface area (Å²) in [5, 5.41) is 18.8. The Balaban J connectivity index is 3.43. The molecule has 0 aromatic heterocycles. The lowest BCUT2D eigenvalue weighted by atomic mass is 10.0. The van der Waals surface area contributed by atoms with Gasteiger partial charge in [-0.3, -0.25) is 10.0 Å². The number of aliphatic carboxylic acids is 1. The van der Waals surface area contributed by atoms with Gasteiger partial charge in [0.15, 0.2) is 6.04 Å². The summed E-state index contributed by atoms with van der Waals surface area (Å²) < 4.78 is 0. The number of hydrogen-bond donors (Lipinski definition) is 2. The Labute approximate surface area is 153 Å². The third kappa shape index (κ3) is 13.8. The molecule has 148 valence electrons. The molecular weight excluding hydrogens is 318 g/mol. The van der Waals surface area contributed by atoms with Gasteiger partial charge in [-0.25, -0.2) is 9.86 Å². The fraction of sp³-hybridized carbons (Fsp3) is 0.900. The number of carbonyl (C=O) groups is 2. The van der Waals surface area contributed by atoms with Gasteiger partial charge in [-0.05, 0) is 6.42 Å². The Bertz CT molecular complexity index is 347. The molecule has 0 radical (unpaired) electrons. The number of carboxylic acids is 1. The van der Waals surface area contributed by atoms with E-state index in [-0.39, 0.29) is 0 Å². The summed E-state index contributed by atoms with van der Waals surface area (Å²) in [6.45, 7) is 3.42. The Kier molecular flexibility index (Phi) is 15.7. The summed E-state index contributed by atoms with van der Waals surface area (Å²) in [6, 6.07) is -1.12. The Morgan fingerprint density at radius 1 is 0.760 bits per heavy atom. The number of hydroxylamine groups is 2. The second kappa shape index (κ2) is 16.4. The van der Waals surface area contributed by atoms with Crippen molar-refractivity contribution < 1.29 is 19.9 Å². The normalized spacial score (nSPS) is 12.1. The first-order valence-corrected chi connectivity index (χ1v) is 10.2. The van der Waals surface area contributed by atoms with E-state index in [2.05, 4.69) is 6.92 Å². The molecule has 0 rings (SSSR count). The molecule has 0 aliphatic heterocycles. The summed E-state index contributed by atoms with van der Waals surface area (Å²) in [5.41, 5.74) is 0. The van der Waals surface area contributed by atoms with Gasteiger partial charge in [0.25, 0.3) is 0 Å². The second-order valence-corrected chi connectivity index (χ2v) is 7.10. The lowest BCUT2D eigenvalue weighted by Gasteiger charge is -2.20. The van der Waals surface area contributed by atoms with Crippen molar-refractivity contribution in [2.75, 3.05) is 0 Å². The Morgan fingerprint density at radius 3 is 1.44 bits per heavy atom. The number of rotatable bonds is 17. The molecule has 0 saturated heterocycles. The number of hydrogen-bond acceptors (Lipinski definition) is 3. The van der Waals surface area contributed by atoms with E-state index in [0.717, 1.165) is 19.3 Å². The highest BCUT2D eigenvalue weighted by atomic mass is 16.5. The van der Waals surface area contributed by atoms with Gasteiger partial charge in [0.1, 0.15) is 0 Å². The summed E-state index contributed by atoms with van der Waals surface area (Å²) in [4.78, 5) is 22.1. The first kappa shape index (κ1) is 23.9. The average molecular weight is 358 g/mol. The van der Waals surface area contributed by atoms with Gasteiger partial charge in [0.2, 0.25) is 5.91 Å². The van der Waals surface area contributed by atoms with Gasteiger partial charge in [-0.2, -0.15) is 0 Å². The van der Waals surface area contributed by atoms with Gasteiger partial charge >= 0.3 is 5.97 Å². The molecular formula is C20H39NO4. The first-order chi connectivity index (χ1) is 12.0. The van der Waals surface area contributed by atoms with Crippen molar-refractivity contribution in [1.29, 1.82) is 0 Å². The summed E-state index contributed by atoms with van der Waals surface area (Å²) in [5.74, 6) is -1.77. The number of carbonyl (C=O) groups excluding carboxylic acids is 1. The van der Waals surface area contributed by atoms with Gasteiger partial charge in [-0.15, -0.1) is 0 Å². The van der Waals surface area contributed by atoms with Crippen molar-refractivity contribution in [3.8, 4) is 0 Å². The van der Waals surface area contributed by atoms with Crippen LogP contribution in [0.15, 0.2) is 0 Å². The molecule has 0 aromatic carbocycles. The average Bonchev–Trinajstić information content (AvgIpc) is 2.57. The maximum absolute atomic E-state index is 11.1. The van der Waals surface area contributed by atoms with Crippen LogP contribution in [0.2, 0.25) is 0 Å². The van der Waals surface area contributed by atoms with E-state index in [4.69, 9.17) is 5.11 Å². The van der Waals surface area contributed by atoms with E-state index in [9.17, 15) is 14.8 Å². The van der Waals surface area contributed by atoms with E-state index in [1.54, 1.807) is 0 Å².